The lowest BCUT2D eigenvalue weighted by atomic mass is 10.0. The lowest BCUT2D eigenvalue weighted by molar-refractivity contribution is 0.891. The highest BCUT2D eigenvalue weighted by Gasteiger charge is 2.10. The van der Waals surface area contributed by atoms with Crippen molar-refractivity contribution in [1.29, 1.82) is 0 Å². The third-order valence-electron chi connectivity index (χ3n) is 2.74. The van der Waals surface area contributed by atoms with E-state index in [1.165, 1.54) is 20.9 Å². The number of rotatable bonds is 3. The molecule has 0 bridgehead atoms. The zero-order valence-electron chi connectivity index (χ0n) is 9.73. The minimum atomic E-state index is 0.0187. The first-order chi connectivity index (χ1) is 7.70. The summed E-state index contributed by atoms with van der Waals surface area (Å²) in [5.41, 5.74) is 8.73. The third kappa shape index (κ3) is 2.34. The molecule has 1 atom stereocenters. The third-order valence-corrected chi connectivity index (χ3v) is 4.05. The van der Waals surface area contributed by atoms with Crippen LogP contribution in [-0.2, 0) is 6.42 Å². The second-order valence-electron chi connectivity index (χ2n) is 4.05. The molecule has 2 aromatic rings. The van der Waals surface area contributed by atoms with Gasteiger partial charge >= 0.3 is 0 Å². The summed E-state index contributed by atoms with van der Waals surface area (Å²) in [4.78, 5) is 2.65. The van der Waals surface area contributed by atoms with Crippen LogP contribution in [0.1, 0.15) is 33.8 Å². The van der Waals surface area contributed by atoms with Crippen LogP contribution in [0.15, 0.2) is 36.4 Å². The van der Waals surface area contributed by atoms with Crippen LogP contribution in [0.2, 0.25) is 0 Å². The second-order valence-corrected chi connectivity index (χ2v) is 5.25. The van der Waals surface area contributed by atoms with Crippen molar-refractivity contribution in [2.24, 2.45) is 5.73 Å². The highest BCUT2D eigenvalue weighted by Crippen LogP contribution is 2.27. The van der Waals surface area contributed by atoms with Crippen molar-refractivity contribution < 1.29 is 0 Å². The lowest BCUT2D eigenvalue weighted by Gasteiger charge is -2.10. The number of thiophene rings is 1. The van der Waals surface area contributed by atoms with E-state index < -0.39 is 0 Å². The molecule has 0 saturated carbocycles. The number of nitrogens with two attached hydrogens (primary N) is 1. The molecule has 0 radical (unpaired) electrons. The van der Waals surface area contributed by atoms with E-state index in [2.05, 4.69) is 50.2 Å². The Morgan fingerprint density at radius 2 is 2.06 bits per heavy atom. The van der Waals surface area contributed by atoms with Gasteiger partial charge in [-0.3, -0.25) is 0 Å². The van der Waals surface area contributed by atoms with Crippen LogP contribution in [0.3, 0.4) is 0 Å². The second kappa shape index (κ2) is 4.81. The first-order valence-electron chi connectivity index (χ1n) is 5.61. The van der Waals surface area contributed by atoms with E-state index in [1.807, 2.05) is 11.3 Å². The molecule has 1 aromatic heterocycles. The van der Waals surface area contributed by atoms with E-state index in [0.29, 0.717) is 0 Å². The highest BCUT2D eigenvalue weighted by molar-refractivity contribution is 7.12. The molecule has 1 unspecified atom stereocenters. The molecule has 0 fully saturated rings. The molecular formula is C14H17NS. The summed E-state index contributed by atoms with van der Waals surface area (Å²) >= 11 is 1.82. The Balaban J connectivity index is 2.27. The Labute approximate surface area is 101 Å². The van der Waals surface area contributed by atoms with Crippen LogP contribution in [0.5, 0.6) is 0 Å². The van der Waals surface area contributed by atoms with E-state index in [-0.39, 0.29) is 6.04 Å². The Kier molecular flexibility index (Phi) is 3.42. The first kappa shape index (κ1) is 11.4. The molecule has 2 N–H and O–H groups in total. The molecule has 16 heavy (non-hydrogen) atoms. The minimum Gasteiger partial charge on any atom is -0.320 e. The van der Waals surface area contributed by atoms with Gasteiger partial charge < -0.3 is 5.73 Å². The monoisotopic (exact) mass is 231 g/mol. The van der Waals surface area contributed by atoms with E-state index in [4.69, 9.17) is 5.73 Å². The fraction of sp³-hybridized carbons (Fsp3) is 0.286. The molecule has 84 valence electrons. The first-order valence-corrected chi connectivity index (χ1v) is 6.43. The summed E-state index contributed by atoms with van der Waals surface area (Å²) in [7, 11) is 0. The molecule has 1 nitrogen and oxygen atoms in total. The van der Waals surface area contributed by atoms with E-state index in [9.17, 15) is 0 Å². The van der Waals surface area contributed by atoms with Gasteiger partial charge in [-0.15, -0.1) is 11.3 Å². The number of aryl methyl sites for hydroxylation is 2. The van der Waals surface area contributed by atoms with Gasteiger partial charge in [-0.25, -0.2) is 0 Å². The predicted molar refractivity (Wildman–Crippen MR) is 70.9 cm³/mol. The normalized spacial score (nSPS) is 12.7. The molecule has 1 heterocycles. The smallest absolute Gasteiger partial charge is 0.0646 e. The van der Waals surface area contributed by atoms with Crippen LogP contribution in [0.4, 0.5) is 0 Å². The summed E-state index contributed by atoms with van der Waals surface area (Å²) < 4.78 is 0. The van der Waals surface area contributed by atoms with Crippen LogP contribution in [0.25, 0.3) is 0 Å². The number of hydrogen-bond donors (Lipinski definition) is 1. The van der Waals surface area contributed by atoms with Gasteiger partial charge in [0.25, 0.3) is 0 Å². The fourth-order valence-electron chi connectivity index (χ4n) is 1.78. The zero-order valence-corrected chi connectivity index (χ0v) is 10.6. The average molecular weight is 231 g/mol. The molecule has 0 amide bonds. The summed E-state index contributed by atoms with van der Waals surface area (Å²) in [6.45, 7) is 4.27. The summed E-state index contributed by atoms with van der Waals surface area (Å²) in [6, 6.07) is 12.8. The van der Waals surface area contributed by atoms with Crippen molar-refractivity contribution in [3.63, 3.8) is 0 Å². The summed E-state index contributed by atoms with van der Waals surface area (Å²) in [5, 5.41) is 0. The Morgan fingerprint density at radius 1 is 1.25 bits per heavy atom. The lowest BCUT2D eigenvalue weighted by Crippen LogP contribution is -2.10. The molecule has 0 aliphatic rings. The fourth-order valence-corrected chi connectivity index (χ4v) is 2.76. The molecule has 0 saturated heterocycles. The van der Waals surface area contributed by atoms with E-state index >= 15 is 0 Å². The maximum atomic E-state index is 6.26. The average Bonchev–Trinajstić information content (AvgIpc) is 2.76. The Hall–Kier alpha value is -1.12. The molecule has 2 heteroatoms. The number of hydrogen-bond acceptors (Lipinski definition) is 2. The quantitative estimate of drug-likeness (QED) is 0.857. The van der Waals surface area contributed by atoms with Crippen molar-refractivity contribution in [2.45, 2.75) is 26.3 Å². The molecule has 0 spiro atoms. The van der Waals surface area contributed by atoms with Crippen LogP contribution in [-0.4, -0.2) is 0 Å². The van der Waals surface area contributed by atoms with Gasteiger partial charge in [0, 0.05) is 9.75 Å². The summed E-state index contributed by atoms with van der Waals surface area (Å²) in [5.74, 6) is 0. The minimum absolute atomic E-state index is 0.0187. The molecular weight excluding hydrogens is 214 g/mol. The SMILES string of the molecule is CCc1ccc(C(N)c2cccc(C)c2)s1. The zero-order chi connectivity index (χ0) is 11.5. The maximum absolute atomic E-state index is 6.26. The van der Waals surface area contributed by atoms with Gasteiger partial charge in [-0.2, -0.15) is 0 Å². The van der Waals surface area contributed by atoms with Gasteiger partial charge in [0.15, 0.2) is 0 Å². The largest absolute Gasteiger partial charge is 0.320 e. The van der Waals surface area contributed by atoms with Gasteiger partial charge in [-0.1, -0.05) is 36.8 Å². The van der Waals surface area contributed by atoms with Gasteiger partial charge in [0.2, 0.25) is 0 Å². The van der Waals surface area contributed by atoms with Gasteiger partial charge in [-0.05, 0) is 31.0 Å². The van der Waals surface area contributed by atoms with Crippen molar-refractivity contribution in [3.8, 4) is 0 Å². The summed E-state index contributed by atoms with van der Waals surface area (Å²) in [6.07, 6.45) is 1.09. The van der Waals surface area contributed by atoms with Crippen molar-refractivity contribution >= 4 is 11.3 Å². The Bertz CT molecular complexity index is 473. The van der Waals surface area contributed by atoms with E-state index in [0.717, 1.165) is 6.42 Å². The van der Waals surface area contributed by atoms with Gasteiger partial charge in [0.05, 0.1) is 6.04 Å². The van der Waals surface area contributed by atoms with Gasteiger partial charge in [0.1, 0.15) is 0 Å². The maximum Gasteiger partial charge on any atom is 0.0646 e. The van der Waals surface area contributed by atoms with Crippen molar-refractivity contribution in [3.05, 3.63) is 57.3 Å². The molecule has 0 aliphatic heterocycles. The number of benzene rings is 1. The molecule has 0 aliphatic carbocycles. The Morgan fingerprint density at radius 3 is 2.69 bits per heavy atom. The van der Waals surface area contributed by atoms with E-state index in [1.54, 1.807) is 0 Å². The topological polar surface area (TPSA) is 26.0 Å². The predicted octanol–water partition coefficient (Wildman–Crippen LogP) is 3.67. The highest BCUT2D eigenvalue weighted by atomic mass is 32.1. The molecule has 2 rings (SSSR count). The van der Waals surface area contributed by atoms with Crippen molar-refractivity contribution in [1.82, 2.24) is 0 Å². The van der Waals surface area contributed by atoms with Crippen molar-refractivity contribution in [2.75, 3.05) is 0 Å². The standard InChI is InChI=1S/C14H17NS/c1-3-12-7-8-13(16-12)14(15)11-6-4-5-10(2)9-11/h4-9,14H,3,15H2,1-2H3. The van der Waals surface area contributed by atoms with Crippen LogP contribution < -0.4 is 5.73 Å². The molecule has 1 aromatic carbocycles. The van der Waals surface area contributed by atoms with Crippen LogP contribution in [0, 0.1) is 6.92 Å². The van der Waals surface area contributed by atoms with Crippen LogP contribution >= 0.6 is 11.3 Å².